The molecular weight excluding hydrogens is 217 g/mol. The van der Waals surface area contributed by atoms with Crippen molar-refractivity contribution in [1.29, 1.82) is 0 Å². The molecule has 1 aromatic carbocycles. The van der Waals surface area contributed by atoms with Crippen molar-refractivity contribution in [2.24, 2.45) is 7.05 Å². The SMILES string of the molecule is C[n+]1ccccc1C(C=O)c1ccccc1F. The van der Waals surface area contributed by atoms with Crippen LogP contribution >= 0.6 is 0 Å². The number of hydrogen-bond acceptors (Lipinski definition) is 1. The number of pyridine rings is 1. The lowest BCUT2D eigenvalue weighted by atomic mass is 9.96. The number of benzene rings is 1. The van der Waals surface area contributed by atoms with Crippen LogP contribution in [-0.2, 0) is 11.8 Å². The number of aldehydes is 1. The zero-order valence-electron chi connectivity index (χ0n) is 9.51. The van der Waals surface area contributed by atoms with Crippen molar-refractivity contribution in [2.45, 2.75) is 5.92 Å². The second-order valence-corrected chi connectivity index (χ2v) is 3.87. The third-order valence-corrected chi connectivity index (χ3v) is 2.79. The largest absolute Gasteiger partial charge is 0.302 e. The average molecular weight is 230 g/mol. The van der Waals surface area contributed by atoms with Crippen molar-refractivity contribution in [3.05, 3.63) is 65.7 Å². The van der Waals surface area contributed by atoms with Crippen LogP contribution < -0.4 is 4.57 Å². The third kappa shape index (κ3) is 2.23. The fourth-order valence-corrected chi connectivity index (χ4v) is 1.89. The molecule has 17 heavy (non-hydrogen) atoms. The number of halogens is 1. The number of nitrogens with zero attached hydrogens (tertiary/aromatic N) is 1. The summed E-state index contributed by atoms with van der Waals surface area (Å²) in [5.41, 5.74) is 1.18. The summed E-state index contributed by atoms with van der Waals surface area (Å²) in [5, 5.41) is 0. The molecule has 0 aliphatic heterocycles. The van der Waals surface area contributed by atoms with Gasteiger partial charge in [-0.15, -0.1) is 0 Å². The van der Waals surface area contributed by atoms with Crippen LogP contribution in [0.2, 0.25) is 0 Å². The monoisotopic (exact) mass is 230 g/mol. The molecule has 1 unspecified atom stereocenters. The highest BCUT2D eigenvalue weighted by molar-refractivity contribution is 5.66. The van der Waals surface area contributed by atoms with Gasteiger partial charge in [0.2, 0.25) is 0 Å². The van der Waals surface area contributed by atoms with Gasteiger partial charge >= 0.3 is 0 Å². The molecule has 2 aromatic rings. The molecule has 0 amide bonds. The number of rotatable bonds is 3. The number of carbonyl (C=O) groups is 1. The molecular formula is C14H13FNO+. The quantitative estimate of drug-likeness (QED) is 0.583. The van der Waals surface area contributed by atoms with E-state index in [2.05, 4.69) is 0 Å². The van der Waals surface area contributed by atoms with Crippen molar-refractivity contribution in [2.75, 3.05) is 0 Å². The Morgan fingerprint density at radius 1 is 1.18 bits per heavy atom. The lowest BCUT2D eigenvalue weighted by Crippen LogP contribution is -2.35. The standard InChI is InChI=1S/C14H13FNO/c1-16-9-5-4-8-14(16)12(10-17)11-6-2-3-7-13(11)15/h2-10,12H,1H3/q+1. The van der Waals surface area contributed by atoms with Gasteiger partial charge in [0.1, 0.15) is 25.1 Å². The molecule has 0 bridgehead atoms. The zero-order chi connectivity index (χ0) is 12.3. The fourth-order valence-electron chi connectivity index (χ4n) is 1.89. The van der Waals surface area contributed by atoms with Crippen molar-refractivity contribution in [3.63, 3.8) is 0 Å². The molecule has 0 fully saturated rings. The predicted molar refractivity (Wildman–Crippen MR) is 61.9 cm³/mol. The highest BCUT2D eigenvalue weighted by Crippen LogP contribution is 2.22. The van der Waals surface area contributed by atoms with Gasteiger partial charge in [-0.1, -0.05) is 24.3 Å². The minimum atomic E-state index is -0.567. The fraction of sp³-hybridized carbons (Fsp3) is 0.143. The first kappa shape index (κ1) is 11.5. The Hall–Kier alpha value is -2.03. The summed E-state index contributed by atoms with van der Waals surface area (Å²) >= 11 is 0. The smallest absolute Gasteiger partial charge is 0.195 e. The van der Waals surface area contributed by atoms with Gasteiger partial charge in [0.05, 0.1) is 0 Å². The summed E-state index contributed by atoms with van der Waals surface area (Å²) in [5.74, 6) is -0.921. The summed E-state index contributed by atoms with van der Waals surface area (Å²) < 4.78 is 15.5. The first-order valence-electron chi connectivity index (χ1n) is 5.38. The normalized spacial score (nSPS) is 12.1. The summed E-state index contributed by atoms with van der Waals surface area (Å²) in [6, 6.07) is 11.9. The van der Waals surface area contributed by atoms with Crippen LogP contribution in [0.3, 0.4) is 0 Å². The van der Waals surface area contributed by atoms with Gasteiger partial charge in [0.25, 0.3) is 0 Å². The molecule has 0 spiro atoms. The van der Waals surface area contributed by atoms with E-state index in [0.717, 1.165) is 12.0 Å². The van der Waals surface area contributed by atoms with Gasteiger partial charge in [-0.25, -0.2) is 8.96 Å². The average Bonchev–Trinajstić information content (AvgIpc) is 2.34. The first-order valence-corrected chi connectivity index (χ1v) is 5.38. The van der Waals surface area contributed by atoms with Gasteiger partial charge in [0, 0.05) is 17.7 Å². The van der Waals surface area contributed by atoms with E-state index in [1.165, 1.54) is 6.07 Å². The summed E-state index contributed by atoms with van der Waals surface area (Å²) in [6.45, 7) is 0. The van der Waals surface area contributed by atoms with Crippen LogP contribution in [0.25, 0.3) is 0 Å². The van der Waals surface area contributed by atoms with Gasteiger partial charge in [-0.05, 0) is 6.07 Å². The molecule has 1 atom stereocenters. The van der Waals surface area contributed by atoms with Crippen LogP contribution in [0.15, 0.2) is 48.7 Å². The van der Waals surface area contributed by atoms with Gasteiger partial charge < -0.3 is 4.79 Å². The molecule has 0 N–H and O–H groups in total. The summed E-state index contributed by atoms with van der Waals surface area (Å²) in [7, 11) is 1.84. The van der Waals surface area contributed by atoms with E-state index in [4.69, 9.17) is 0 Å². The Bertz CT molecular complexity index is 494. The summed E-state index contributed by atoms with van der Waals surface area (Å²) in [4.78, 5) is 11.2. The Morgan fingerprint density at radius 2 is 1.88 bits per heavy atom. The van der Waals surface area contributed by atoms with Crippen molar-refractivity contribution >= 4 is 6.29 Å². The third-order valence-electron chi connectivity index (χ3n) is 2.79. The second kappa shape index (κ2) is 4.87. The van der Waals surface area contributed by atoms with Crippen LogP contribution in [0.1, 0.15) is 17.2 Å². The highest BCUT2D eigenvalue weighted by Gasteiger charge is 2.23. The van der Waals surface area contributed by atoms with Crippen LogP contribution in [-0.4, -0.2) is 6.29 Å². The van der Waals surface area contributed by atoms with Gasteiger partial charge in [-0.2, -0.15) is 0 Å². The maximum Gasteiger partial charge on any atom is 0.195 e. The van der Waals surface area contributed by atoms with Crippen molar-refractivity contribution < 1.29 is 13.8 Å². The van der Waals surface area contributed by atoms with E-state index in [1.807, 2.05) is 36.0 Å². The molecule has 0 aliphatic rings. The van der Waals surface area contributed by atoms with Crippen molar-refractivity contribution in [1.82, 2.24) is 0 Å². The van der Waals surface area contributed by atoms with Crippen LogP contribution in [0, 0.1) is 5.82 Å². The molecule has 2 rings (SSSR count). The Kier molecular flexibility index (Phi) is 3.28. The Balaban J connectivity index is 2.52. The number of aryl methyl sites for hydroxylation is 1. The van der Waals surface area contributed by atoms with E-state index in [1.54, 1.807) is 18.2 Å². The predicted octanol–water partition coefficient (Wildman–Crippen LogP) is 1.98. The maximum atomic E-state index is 13.7. The van der Waals surface area contributed by atoms with E-state index < -0.39 is 5.92 Å². The number of carbonyl (C=O) groups excluding carboxylic acids is 1. The maximum absolute atomic E-state index is 13.7. The van der Waals surface area contributed by atoms with E-state index in [9.17, 15) is 9.18 Å². The summed E-state index contributed by atoms with van der Waals surface area (Å²) in [6.07, 6.45) is 2.61. The Labute approximate surface area is 99.3 Å². The molecule has 2 nitrogen and oxygen atoms in total. The molecule has 0 saturated heterocycles. The number of hydrogen-bond donors (Lipinski definition) is 0. The van der Waals surface area contributed by atoms with Crippen molar-refractivity contribution in [3.8, 4) is 0 Å². The lowest BCUT2D eigenvalue weighted by molar-refractivity contribution is -0.679. The van der Waals surface area contributed by atoms with E-state index >= 15 is 0 Å². The molecule has 1 heterocycles. The van der Waals surface area contributed by atoms with Crippen LogP contribution in [0.5, 0.6) is 0 Å². The van der Waals surface area contributed by atoms with E-state index in [-0.39, 0.29) is 5.82 Å². The lowest BCUT2D eigenvalue weighted by Gasteiger charge is -2.09. The molecule has 86 valence electrons. The topological polar surface area (TPSA) is 20.9 Å². The zero-order valence-corrected chi connectivity index (χ0v) is 9.51. The first-order chi connectivity index (χ1) is 8.24. The van der Waals surface area contributed by atoms with E-state index in [0.29, 0.717) is 5.56 Å². The van der Waals surface area contributed by atoms with Gasteiger partial charge in [0.15, 0.2) is 11.9 Å². The van der Waals surface area contributed by atoms with Crippen LogP contribution in [0.4, 0.5) is 4.39 Å². The molecule has 0 aliphatic carbocycles. The molecule has 1 aromatic heterocycles. The number of aromatic nitrogens is 1. The second-order valence-electron chi connectivity index (χ2n) is 3.87. The Morgan fingerprint density at radius 3 is 2.53 bits per heavy atom. The molecule has 3 heteroatoms. The van der Waals surface area contributed by atoms with Gasteiger partial charge in [-0.3, -0.25) is 0 Å². The minimum absolute atomic E-state index is 0.353. The highest BCUT2D eigenvalue weighted by atomic mass is 19.1. The minimum Gasteiger partial charge on any atom is -0.302 e. The molecule has 0 saturated carbocycles. The molecule has 0 radical (unpaired) electrons.